The largest absolute Gasteiger partial charge is 0.469 e. The van der Waals surface area contributed by atoms with Gasteiger partial charge in [0.25, 0.3) is 0 Å². The summed E-state index contributed by atoms with van der Waals surface area (Å²) in [5, 5.41) is 30.8. The lowest BCUT2D eigenvalue weighted by molar-refractivity contribution is -0.147. The lowest BCUT2D eigenvalue weighted by Crippen LogP contribution is -2.20. The standard InChI is InChI=1S/C24H36O6/c1-17(2)30-24(28)10-6-4-3-5-9-20-21(23(27)16-22(20)26)14-12-18(25)11-13-19-8-7-15-29-19/h3,5,7-8,12,14-15,17-18,20-23,25-27H,4,6,9-11,13,16H2,1-2H3/t18?,20-,21-,22?,23?/m1/s1. The minimum atomic E-state index is -0.623. The molecule has 0 aliphatic heterocycles. The molecule has 5 atom stereocenters. The topological polar surface area (TPSA) is 100 Å². The van der Waals surface area contributed by atoms with Crippen LogP contribution in [-0.4, -0.2) is 45.7 Å². The van der Waals surface area contributed by atoms with Crippen LogP contribution in [-0.2, 0) is 16.0 Å². The number of rotatable bonds is 12. The lowest BCUT2D eigenvalue weighted by atomic mass is 9.89. The lowest BCUT2D eigenvalue weighted by Gasteiger charge is -2.19. The Morgan fingerprint density at radius 2 is 2.10 bits per heavy atom. The van der Waals surface area contributed by atoms with E-state index in [1.165, 1.54) is 0 Å². The second kappa shape index (κ2) is 12.7. The van der Waals surface area contributed by atoms with Crippen LogP contribution >= 0.6 is 0 Å². The summed E-state index contributed by atoms with van der Waals surface area (Å²) >= 11 is 0. The van der Waals surface area contributed by atoms with E-state index in [9.17, 15) is 20.1 Å². The molecule has 0 amide bonds. The highest BCUT2D eigenvalue weighted by molar-refractivity contribution is 5.69. The van der Waals surface area contributed by atoms with E-state index >= 15 is 0 Å². The van der Waals surface area contributed by atoms with Gasteiger partial charge in [-0.1, -0.05) is 24.3 Å². The fraction of sp³-hybridized carbons (Fsp3) is 0.625. The monoisotopic (exact) mass is 420 g/mol. The Labute approximate surface area is 179 Å². The molecule has 1 fully saturated rings. The number of hydrogen-bond donors (Lipinski definition) is 3. The maximum absolute atomic E-state index is 11.5. The van der Waals surface area contributed by atoms with Gasteiger partial charge in [0.2, 0.25) is 0 Å². The normalized spacial score (nSPS) is 25.5. The molecule has 6 heteroatoms. The number of carbonyl (C=O) groups is 1. The number of aliphatic hydroxyl groups excluding tert-OH is 3. The van der Waals surface area contributed by atoms with Crippen LogP contribution < -0.4 is 0 Å². The third-order valence-corrected chi connectivity index (χ3v) is 5.43. The Kier molecular flexibility index (Phi) is 10.3. The van der Waals surface area contributed by atoms with E-state index in [1.54, 1.807) is 12.3 Å². The van der Waals surface area contributed by atoms with Crippen LogP contribution in [0.1, 0.15) is 58.1 Å². The van der Waals surface area contributed by atoms with Crippen LogP contribution in [0.4, 0.5) is 0 Å². The van der Waals surface area contributed by atoms with Gasteiger partial charge in [-0.05, 0) is 57.6 Å². The zero-order chi connectivity index (χ0) is 21.9. The summed E-state index contributed by atoms with van der Waals surface area (Å²) in [5.41, 5.74) is 0. The summed E-state index contributed by atoms with van der Waals surface area (Å²) < 4.78 is 10.4. The van der Waals surface area contributed by atoms with Gasteiger partial charge >= 0.3 is 5.97 Å². The zero-order valence-corrected chi connectivity index (χ0v) is 18.0. The second-order valence-electron chi connectivity index (χ2n) is 8.32. The number of esters is 1. The van der Waals surface area contributed by atoms with E-state index in [-0.39, 0.29) is 23.9 Å². The third kappa shape index (κ3) is 8.46. The van der Waals surface area contributed by atoms with Crippen molar-refractivity contribution in [2.24, 2.45) is 11.8 Å². The van der Waals surface area contributed by atoms with E-state index in [0.717, 1.165) is 18.6 Å². The molecule has 1 saturated carbocycles. The minimum Gasteiger partial charge on any atom is -0.469 e. The molecule has 3 unspecified atom stereocenters. The SMILES string of the molecule is CC(C)OC(=O)CCCC=CC[C@H]1C(O)CC(O)[C@@H]1C=CC(O)CCc1ccco1. The Morgan fingerprint density at radius 3 is 2.80 bits per heavy atom. The van der Waals surface area contributed by atoms with Gasteiger partial charge in [0.15, 0.2) is 0 Å². The summed E-state index contributed by atoms with van der Waals surface area (Å²) in [4.78, 5) is 11.5. The van der Waals surface area contributed by atoms with E-state index in [1.807, 2.05) is 44.2 Å². The number of aryl methyl sites for hydroxylation is 1. The average Bonchev–Trinajstić information content (AvgIpc) is 3.28. The van der Waals surface area contributed by atoms with Crippen molar-refractivity contribution in [3.05, 3.63) is 48.5 Å². The number of carbonyl (C=O) groups excluding carboxylic acids is 1. The van der Waals surface area contributed by atoms with Gasteiger partial charge < -0.3 is 24.5 Å². The molecule has 30 heavy (non-hydrogen) atoms. The predicted molar refractivity (Wildman–Crippen MR) is 115 cm³/mol. The number of furan rings is 1. The Balaban J connectivity index is 1.75. The van der Waals surface area contributed by atoms with Crippen LogP contribution in [0.25, 0.3) is 0 Å². The van der Waals surface area contributed by atoms with Crippen LogP contribution in [0, 0.1) is 11.8 Å². The quantitative estimate of drug-likeness (QED) is 0.272. The fourth-order valence-electron chi connectivity index (χ4n) is 3.86. The predicted octanol–water partition coefficient (Wildman–Crippen LogP) is 3.56. The first kappa shape index (κ1) is 24.4. The van der Waals surface area contributed by atoms with E-state index in [0.29, 0.717) is 32.1 Å². The van der Waals surface area contributed by atoms with Crippen molar-refractivity contribution < 1.29 is 29.3 Å². The van der Waals surface area contributed by atoms with Crippen molar-refractivity contribution in [3.8, 4) is 0 Å². The molecule has 0 radical (unpaired) electrons. The number of aliphatic hydroxyl groups is 3. The van der Waals surface area contributed by atoms with Crippen LogP contribution in [0.3, 0.4) is 0 Å². The van der Waals surface area contributed by atoms with Crippen molar-refractivity contribution in [1.29, 1.82) is 0 Å². The molecule has 3 N–H and O–H groups in total. The van der Waals surface area contributed by atoms with Crippen molar-refractivity contribution in [1.82, 2.24) is 0 Å². The summed E-state index contributed by atoms with van der Waals surface area (Å²) in [7, 11) is 0. The Hall–Kier alpha value is -1.89. The molecule has 1 aliphatic rings. The van der Waals surface area contributed by atoms with Crippen LogP contribution in [0.2, 0.25) is 0 Å². The highest BCUT2D eigenvalue weighted by Gasteiger charge is 2.39. The molecule has 2 rings (SSSR count). The summed E-state index contributed by atoms with van der Waals surface area (Å²) in [6.07, 6.45) is 11.4. The van der Waals surface area contributed by atoms with Gasteiger partial charge in [-0.3, -0.25) is 4.79 Å². The molecular weight excluding hydrogens is 384 g/mol. The van der Waals surface area contributed by atoms with Crippen molar-refractivity contribution in [3.63, 3.8) is 0 Å². The van der Waals surface area contributed by atoms with Gasteiger partial charge in [0.1, 0.15) is 5.76 Å². The maximum Gasteiger partial charge on any atom is 0.306 e. The molecular formula is C24H36O6. The highest BCUT2D eigenvalue weighted by atomic mass is 16.5. The fourth-order valence-corrected chi connectivity index (χ4v) is 3.86. The molecule has 0 spiro atoms. The molecule has 1 aromatic heterocycles. The first-order chi connectivity index (χ1) is 14.4. The number of allylic oxidation sites excluding steroid dienone is 2. The van der Waals surface area contributed by atoms with Gasteiger partial charge in [0, 0.05) is 25.2 Å². The first-order valence-corrected chi connectivity index (χ1v) is 11.0. The Morgan fingerprint density at radius 1 is 1.30 bits per heavy atom. The number of ether oxygens (including phenoxy) is 1. The van der Waals surface area contributed by atoms with E-state index in [2.05, 4.69) is 0 Å². The van der Waals surface area contributed by atoms with Crippen molar-refractivity contribution in [2.45, 2.75) is 83.2 Å². The van der Waals surface area contributed by atoms with E-state index in [4.69, 9.17) is 9.15 Å². The number of unbranched alkanes of at least 4 members (excludes halogenated alkanes) is 1. The van der Waals surface area contributed by atoms with Gasteiger partial charge in [-0.25, -0.2) is 0 Å². The smallest absolute Gasteiger partial charge is 0.306 e. The highest BCUT2D eigenvalue weighted by Crippen LogP contribution is 2.36. The first-order valence-electron chi connectivity index (χ1n) is 11.0. The van der Waals surface area contributed by atoms with Crippen LogP contribution in [0.15, 0.2) is 47.1 Å². The molecule has 168 valence electrons. The van der Waals surface area contributed by atoms with E-state index < -0.39 is 18.3 Å². The molecule has 0 saturated heterocycles. The average molecular weight is 421 g/mol. The summed E-state index contributed by atoms with van der Waals surface area (Å²) in [6, 6.07) is 3.70. The van der Waals surface area contributed by atoms with Crippen molar-refractivity contribution >= 4 is 5.97 Å². The molecule has 6 nitrogen and oxygen atoms in total. The molecule has 0 aromatic carbocycles. The maximum atomic E-state index is 11.5. The summed E-state index contributed by atoms with van der Waals surface area (Å²) in [5.74, 6) is 0.377. The van der Waals surface area contributed by atoms with Gasteiger partial charge in [0.05, 0.1) is 30.7 Å². The molecule has 1 aromatic rings. The minimum absolute atomic E-state index is 0.0861. The molecule has 1 heterocycles. The molecule has 1 aliphatic carbocycles. The van der Waals surface area contributed by atoms with Crippen LogP contribution in [0.5, 0.6) is 0 Å². The number of hydrogen-bond acceptors (Lipinski definition) is 6. The van der Waals surface area contributed by atoms with Gasteiger partial charge in [-0.15, -0.1) is 0 Å². The Bertz CT molecular complexity index is 663. The van der Waals surface area contributed by atoms with Gasteiger partial charge in [-0.2, -0.15) is 0 Å². The summed E-state index contributed by atoms with van der Waals surface area (Å²) in [6.45, 7) is 3.67. The van der Waals surface area contributed by atoms with Crippen molar-refractivity contribution in [2.75, 3.05) is 0 Å². The molecule has 0 bridgehead atoms. The third-order valence-electron chi connectivity index (χ3n) is 5.43. The zero-order valence-electron chi connectivity index (χ0n) is 18.0. The second-order valence-corrected chi connectivity index (χ2v) is 8.32.